The second-order valence-corrected chi connectivity index (χ2v) is 10.3. The van der Waals surface area contributed by atoms with Crippen LogP contribution in [0.5, 0.6) is 17.2 Å². The van der Waals surface area contributed by atoms with Gasteiger partial charge in [0.15, 0.2) is 17.3 Å². The molecule has 0 spiro atoms. The number of dihydropyridines is 1. The van der Waals surface area contributed by atoms with Gasteiger partial charge in [-0.3, -0.25) is 9.59 Å². The average molecular weight is 531 g/mol. The zero-order valence-electron chi connectivity index (χ0n) is 21.8. The SMILES string of the molecule is COc1ccccc1NC(=O)C1=C(C)NC2=C(C(=O)C[C@@H](c3ccc(OC)c(OC)c3)C2)[C@@H]1c1cccs1. The fourth-order valence-corrected chi connectivity index (χ4v) is 6.20. The van der Waals surface area contributed by atoms with Crippen LogP contribution in [0.3, 0.4) is 0 Å². The summed E-state index contributed by atoms with van der Waals surface area (Å²) in [7, 11) is 4.78. The highest BCUT2D eigenvalue weighted by atomic mass is 32.1. The summed E-state index contributed by atoms with van der Waals surface area (Å²) in [5.74, 6) is 1.16. The van der Waals surface area contributed by atoms with Gasteiger partial charge in [0.2, 0.25) is 0 Å². The normalized spacial score (nSPS) is 19.0. The highest BCUT2D eigenvalue weighted by Crippen LogP contribution is 2.47. The van der Waals surface area contributed by atoms with Gasteiger partial charge in [-0.25, -0.2) is 0 Å². The number of para-hydroxylation sites is 2. The van der Waals surface area contributed by atoms with E-state index in [-0.39, 0.29) is 17.6 Å². The molecule has 2 atom stereocenters. The molecular weight excluding hydrogens is 500 g/mol. The number of anilines is 1. The minimum absolute atomic E-state index is 0.0192. The third-order valence-corrected chi connectivity index (χ3v) is 8.07. The van der Waals surface area contributed by atoms with Crippen LogP contribution in [0.15, 0.2) is 82.5 Å². The number of Topliss-reactive ketones (excluding diaryl/α,β-unsaturated/α-hetero) is 1. The van der Waals surface area contributed by atoms with Crippen LogP contribution >= 0.6 is 11.3 Å². The van der Waals surface area contributed by atoms with E-state index >= 15 is 0 Å². The molecule has 2 heterocycles. The van der Waals surface area contributed by atoms with E-state index in [9.17, 15) is 9.59 Å². The smallest absolute Gasteiger partial charge is 0.254 e. The summed E-state index contributed by atoms with van der Waals surface area (Å²) in [6, 6.07) is 17.0. The number of benzene rings is 2. The summed E-state index contributed by atoms with van der Waals surface area (Å²) < 4.78 is 16.3. The quantitative estimate of drug-likeness (QED) is 0.403. The van der Waals surface area contributed by atoms with Gasteiger partial charge in [-0.05, 0) is 60.5 Å². The number of ketones is 1. The van der Waals surface area contributed by atoms with E-state index in [2.05, 4.69) is 10.6 Å². The summed E-state index contributed by atoms with van der Waals surface area (Å²) in [4.78, 5) is 28.5. The van der Waals surface area contributed by atoms with Gasteiger partial charge in [-0.1, -0.05) is 24.3 Å². The Morgan fingerprint density at radius 2 is 1.71 bits per heavy atom. The Hall–Kier alpha value is -4.04. The molecule has 196 valence electrons. The Bertz CT molecular complexity index is 1440. The van der Waals surface area contributed by atoms with E-state index in [1.54, 1.807) is 44.8 Å². The molecule has 1 amide bonds. The second kappa shape index (κ2) is 10.8. The summed E-state index contributed by atoms with van der Waals surface area (Å²) >= 11 is 1.55. The first kappa shape index (κ1) is 25.6. The number of hydrogen-bond donors (Lipinski definition) is 2. The van der Waals surface area contributed by atoms with Crippen LogP contribution in [0.4, 0.5) is 5.69 Å². The number of carbonyl (C=O) groups excluding carboxylic acids is 2. The van der Waals surface area contributed by atoms with Gasteiger partial charge >= 0.3 is 0 Å². The molecule has 1 aromatic heterocycles. The van der Waals surface area contributed by atoms with Crippen molar-refractivity contribution in [3.8, 4) is 17.2 Å². The molecular formula is C30H30N2O5S. The monoisotopic (exact) mass is 530 g/mol. The zero-order valence-corrected chi connectivity index (χ0v) is 22.6. The van der Waals surface area contributed by atoms with Gasteiger partial charge in [0.05, 0.1) is 32.9 Å². The summed E-state index contributed by atoms with van der Waals surface area (Å²) in [6.07, 6.45) is 0.996. The van der Waals surface area contributed by atoms with Crippen LogP contribution in [-0.2, 0) is 9.59 Å². The highest BCUT2D eigenvalue weighted by Gasteiger charge is 2.41. The zero-order chi connectivity index (χ0) is 26.8. The number of hydrogen-bond acceptors (Lipinski definition) is 7. The molecule has 2 N–H and O–H groups in total. The first-order valence-corrected chi connectivity index (χ1v) is 13.3. The predicted molar refractivity (Wildman–Crippen MR) is 148 cm³/mol. The molecule has 1 aliphatic heterocycles. The fourth-order valence-electron chi connectivity index (χ4n) is 5.36. The lowest BCUT2D eigenvalue weighted by molar-refractivity contribution is -0.116. The molecule has 0 fully saturated rings. The van der Waals surface area contributed by atoms with Crippen molar-refractivity contribution in [2.75, 3.05) is 26.6 Å². The lowest BCUT2D eigenvalue weighted by Crippen LogP contribution is -2.36. The molecule has 5 rings (SSSR count). The molecule has 1 aliphatic carbocycles. The molecule has 0 bridgehead atoms. The lowest BCUT2D eigenvalue weighted by Gasteiger charge is -2.36. The van der Waals surface area contributed by atoms with Gasteiger partial charge in [0, 0.05) is 33.8 Å². The van der Waals surface area contributed by atoms with Gasteiger partial charge in [0.25, 0.3) is 5.91 Å². The van der Waals surface area contributed by atoms with Crippen molar-refractivity contribution in [2.24, 2.45) is 0 Å². The van der Waals surface area contributed by atoms with Crippen LogP contribution in [0.2, 0.25) is 0 Å². The minimum atomic E-state index is -0.445. The molecule has 8 heteroatoms. The Balaban J connectivity index is 1.51. The number of carbonyl (C=O) groups is 2. The standard InChI is InChI=1S/C30H30N2O5S/c1-17-27(30(34)32-20-8-5-6-9-23(20)35-2)29(26-10-7-13-38-26)28-21(31-17)14-19(15-22(28)33)18-11-12-24(36-3)25(16-18)37-4/h5-13,16,19,29,31H,14-15H2,1-4H3,(H,32,34)/t19-,29+/m0/s1. The Kier molecular flexibility index (Phi) is 7.24. The number of ether oxygens (including phenoxy) is 3. The average Bonchev–Trinajstić information content (AvgIpc) is 3.46. The van der Waals surface area contributed by atoms with Crippen molar-refractivity contribution in [1.82, 2.24) is 5.32 Å². The maximum atomic E-state index is 13.8. The molecule has 0 unspecified atom stereocenters. The van der Waals surface area contributed by atoms with Crippen molar-refractivity contribution in [3.63, 3.8) is 0 Å². The third-order valence-electron chi connectivity index (χ3n) is 7.13. The Labute approximate surface area is 226 Å². The Morgan fingerprint density at radius 3 is 2.42 bits per heavy atom. The molecule has 2 aromatic carbocycles. The Morgan fingerprint density at radius 1 is 0.947 bits per heavy atom. The van der Waals surface area contributed by atoms with E-state index in [4.69, 9.17) is 14.2 Å². The number of thiophene rings is 1. The van der Waals surface area contributed by atoms with Gasteiger partial charge in [-0.2, -0.15) is 0 Å². The predicted octanol–water partition coefficient (Wildman–Crippen LogP) is 5.77. The third kappa shape index (κ3) is 4.67. The number of nitrogens with one attached hydrogen (secondary N) is 2. The van der Waals surface area contributed by atoms with Gasteiger partial charge in [0.1, 0.15) is 5.75 Å². The summed E-state index contributed by atoms with van der Waals surface area (Å²) in [5, 5.41) is 8.41. The second-order valence-electron chi connectivity index (χ2n) is 9.30. The minimum Gasteiger partial charge on any atom is -0.495 e. The van der Waals surface area contributed by atoms with E-state index in [1.807, 2.05) is 54.8 Å². The molecule has 0 saturated carbocycles. The molecule has 3 aromatic rings. The van der Waals surface area contributed by atoms with Crippen LogP contribution < -0.4 is 24.8 Å². The van der Waals surface area contributed by atoms with E-state index < -0.39 is 5.92 Å². The van der Waals surface area contributed by atoms with E-state index in [1.165, 1.54) is 0 Å². The van der Waals surface area contributed by atoms with Crippen molar-refractivity contribution in [2.45, 2.75) is 31.6 Å². The highest BCUT2D eigenvalue weighted by molar-refractivity contribution is 7.10. The fraction of sp³-hybridized carbons (Fsp3) is 0.267. The van der Waals surface area contributed by atoms with Crippen LogP contribution in [-0.4, -0.2) is 33.0 Å². The molecule has 7 nitrogen and oxygen atoms in total. The van der Waals surface area contributed by atoms with Gasteiger partial charge < -0.3 is 24.8 Å². The van der Waals surface area contributed by atoms with Crippen molar-refractivity contribution in [3.05, 3.63) is 93.0 Å². The molecule has 0 saturated heterocycles. The number of rotatable bonds is 7. The van der Waals surface area contributed by atoms with Crippen molar-refractivity contribution in [1.29, 1.82) is 0 Å². The topological polar surface area (TPSA) is 85.9 Å². The van der Waals surface area contributed by atoms with E-state index in [0.29, 0.717) is 46.9 Å². The molecule has 2 aliphatic rings. The largest absolute Gasteiger partial charge is 0.495 e. The molecule has 0 radical (unpaired) electrons. The maximum absolute atomic E-state index is 13.8. The van der Waals surface area contributed by atoms with Crippen LogP contribution in [0, 0.1) is 0 Å². The molecule has 38 heavy (non-hydrogen) atoms. The van der Waals surface area contributed by atoms with Crippen LogP contribution in [0.25, 0.3) is 0 Å². The number of amides is 1. The van der Waals surface area contributed by atoms with Gasteiger partial charge in [-0.15, -0.1) is 11.3 Å². The van der Waals surface area contributed by atoms with Crippen molar-refractivity contribution >= 4 is 28.7 Å². The van der Waals surface area contributed by atoms with Crippen LogP contribution in [0.1, 0.15) is 42.0 Å². The number of allylic oxidation sites excluding steroid dienone is 3. The summed E-state index contributed by atoms with van der Waals surface area (Å²) in [6.45, 7) is 1.89. The first-order chi connectivity index (χ1) is 18.4. The maximum Gasteiger partial charge on any atom is 0.254 e. The summed E-state index contributed by atoms with van der Waals surface area (Å²) in [5.41, 5.74) is 4.39. The first-order valence-electron chi connectivity index (χ1n) is 12.4. The van der Waals surface area contributed by atoms with Crippen molar-refractivity contribution < 1.29 is 23.8 Å². The van der Waals surface area contributed by atoms with E-state index in [0.717, 1.165) is 21.8 Å². The lowest BCUT2D eigenvalue weighted by atomic mass is 9.73. The number of methoxy groups -OCH3 is 3.